The van der Waals surface area contributed by atoms with Crippen molar-refractivity contribution in [2.45, 2.75) is 12.8 Å². The van der Waals surface area contributed by atoms with Gasteiger partial charge in [0.15, 0.2) is 34.5 Å². The monoisotopic (exact) mass is 609 g/mol. The molecule has 0 heterocycles. The van der Waals surface area contributed by atoms with Crippen molar-refractivity contribution in [1.29, 1.82) is 0 Å². The minimum Gasteiger partial charge on any atom is -0.493 e. The van der Waals surface area contributed by atoms with E-state index in [1.807, 2.05) is 0 Å². The smallest absolute Gasteiger partial charge is 0.343 e. The second kappa shape index (κ2) is 16.2. The van der Waals surface area contributed by atoms with Crippen LogP contribution in [0.5, 0.6) is 40.2 Å². The van der Waals surface area contributed by atoms with E-state index in [9.17, 15) is 14.4 Å². The van der Waals surface area contributed by atoms with Gasteiger partial charge in [0.25, 0.3) is 5.91 Å². The molecule has 0 bridgehead atoms. The lowest BCUT2D eigenvalue weighted by Gasteiger charge is -2.14. The van der Waals surface area contributed by atoms with Crippen LogP contribution in [0, 0.1) is 0 Å². The topological polar surface area (TPSA) is 152 Å². The van der Waals surface area contributed by atoms with E-state index >= 15 is 0 Å². The third kappa shape index (κ3) is 8.53. The molecule has 3 rings (SSSR count). The Morgan fingerprint density at radius 1 is 0.682 bits per heavy atom. The zero-order chi connectivity index (χ0) is 32.1. The first-order valence-corrected chi connectivity index (χ1v) is 13.3. The summed E-state index contributed by atoms with van der Waals surface area (Å²) >= 11 is 0. The number of hydrogen-bond donors (Lipinski definition) is 2. The van der Waals surface area contributed by atoms with Crippen molar-refractivity contribution in [3.63, 3.8) is 0 Å². The number of rotatable bonds is 15. The van der Waals surface area contributed by atoms with Gasteiger partial charge in [0.1, 0.15) is 0 Å². The Morgan fingerprint density at radius 2 is 1.27 bits per heavy atom. The van der Waals surface area contributed by atoms with Gasteiger partial charge in [-0.2, -0.15) is 5.10 Å². The number of hydrazone groups is 1. The van der Waals surface area contributed by atoms with E-state index in [1.165, 1.54) is 61.0 Å². The Morgan fingerprint density at radius 3 is 1.89 bits per heavy atom. The number of nitrogens with zero attached hydrogens (tertiary/aromatic N) is 1. The minimum absolute atomic E-state index is 0.142. The molecule has 0 fully saturated rings. The van der Waals surface area contributed by atoms with E-state index in [1.54, 1.807) is 36.4 Å². The summed E-state index contributed by atoms with van der Waals surface area (Å²) in [6.07, 6.45) is 1.97. The quantitative estimate of drug-likeness (QED) is 0.0859. The average molecular weight is 610 g/mol. The molecule has 0 spiro atoms. The van der Waals surface area contributed by atoms with Gasteiger partial charge in [0, 0.05) is 18.5 Å². The Labute approximate surface area is 255 Å². The largest absolute Gasteiger partial charge is 0.493 e. The van der Waals surface area contributed by atoms with Gasteiger partial charge in [-0.3, -0.25) is 9.59 Å². The fourth-order valence-electron chi connectivity index (χ4n) is 3.97. The predicted molar refractivity (Wildman–Crippen MR) is 161 cm³/mol. The zero-order valence-electron chi connectivity index (χ0n) is 25.3. The van der Waals surface area contributed by atoms with Crippen molar-refractivity contribution in [3.05, 3.63) is 65.2 Å². The average Bonchev–Trinajstić information content (AvgIpc) is 3.05. The molecule has 13 heteroatoms. The number of carbonyl (C=O) groups excluding carboxylic acids is 3. The standard InChI is InChI=1S/C31H35N3O10/c1-38-22-12-10-20(15-25(22)40-3)30(36)32-13-7-8-28(35)34-33-18-19-9-11-23(24(14-19)39-2)44-31(37)21-16-26(41-4)29(43-6)27(17-21)42-5/h9-12,14-18H,7-8,13H2,1-6H3,(H,32,36)(H,34,35). The lowest BCUT2D eigenvalue weighted by molar-refractivity contribution is -0.121. The van der Waals surface area contributed by atoms with E-state index in [-0.39, 0.29) is 41.8 Å². The fraction of sp³-hybridized carbons (Fsp3) is 0.290. The first kappa shape index (κ1) is 33.0. The molecule has 0 atom stereocenters. The molecule has 44 heavy (non-hydrogen) atoms. The van der Waals surface area contributed by atoms with Crippen molar-refractivity contribution in [2.75, 3.05) is 49.2 Å². The highest BCUT2D eigenvalue weighted by atomic mass is 16.6. The van der Waals surface area contributed by atoms with Crippen LogP contribution in [0.4, 0.5) is 0 Å². The number of carbonyl (C=O) groups is 3. The van der Waals surface area contributed by atoms with Crippen molar-refractivity contribution >= 4 is 24.0 Å². The molecular formula is C31H35N3O10. The van der Waals surface area contributed by atoms with Gasteiger partial charge in [-0.1, -0.05) is 0 Å². The molecule has 2 N–H and O–H groups in total. The van der Waals surface area contributed by atoms with Gasteiger partial charge >= 0.3 is 5.97 Å². The zero-order valence-corrected chi connectivity index (χ0v) is 25.3. The molecule has 0 saturated heterocycles. The number of ether oxygens (including phenoxy) is 7. The molecule has 0 aliphatic carbocycles. The van der Waals surface area contributed by atoms with E-state index < -0.39 is 5.97 Å². The maximum Gasteiger partial charge on any atom is 0.343 e. The number of esters is 1. The lowest BCUT2D eigenvalue weighted by atomic mass is 10.1. The first-order chi connectivity index (χ1) is 21.3. The summed E-state index contributed by atoms with van der Waals surface area (Å²) < 4.78 is 37.2. The van der Waals surface area contributed by atoms with Crippen molar-refractivity contribution in [1.82, 2.24) is 10.7 Å². The van der Waals surface area contributed by atoms with Crippen LogP contribution in [0.15, 0.2) is 53.6 Å². The van der Waals surface area contributed by atoms with E-state index in [2.05, 4.69) is 15.8 Å². The highest BCUT2D eigenvalue weighted by Gasteiger charge is 2.20. The third-order valence-corrected chi connectivity index (χ3v) is 6.21. The maximum atomic E-state index is 12.9. The second-order valence-electron chi connectivity index (χ2n) is 8.94. The van der Waals surface area contributed by atoms with Crippen LogP contribution in [0.3, 0.4) is 0 Å². The summed E-state index contributed by atoms with van der Waals surface area (Å²) in [4.78, 5) is 37.5. The fourth-order valence-corrected chi connectivity index (χ4v) is 3.97. The summed E-state index contributed by atoms with van der Waals surface area (Å²) in [6, 6.07) is 12.6. The molecule has 13 nitrogen and oxygen atoms in total. The number of hydrogen-bond acceptors (Lipinski definition) is 11. The molecule has 0 aliphatic heterocycles. The molecule has 0 aliphatic rings. The van der Waals surface area contributed by atoms with E-state index in [0.717, 1.165) is 0 Å². The molecule has 2 amide bonds. The Bertz CT molecular complexity index is 1480. The molecular weight excluding hydrogens is 574 g/mol. The highest BCUT2D eigenvalue weighted by molar-refractivity contribution is 5.95. The maximum absolute atomic E-state index is 12.9. The molecule has 0 saturated carbocycles. The molecule has 3 aromatic carbocycles. The van der Waals surface area contributed by atoms with Crippen LogP contribution in [-0.2, 0) is 4.79 Å². The normalized spacial score (nSPS) is 10.5. The van der Waals surface area contributed by atoms with Crippen molar-refractivity contribution in [3.8, 4) is 40.2 Å². The molecule has 0 unspecified atom stereocenters. The number of methoxy groups -OCH3 is 6. The van der Waals surface area contributed by atoms with Crippen LogP contribution >= 0.6 is 0 Å². The van der Waals surface area contributed by atoms with Gasteiger partial charge in [0.05, 0.1) is 54.4 Å². The lowest BCUT2D eigenvalue weighted by Crippen LogP contribution is -2.26. The van der Waals surface area contributed by atoms with Crippen molar-refractivity contribution < 1.29 is 47.5 Å². The van der Waals surface area contributed by atoms with E-state index in [4.69, 9.17) is 33.2 Å². The van der Waals surface area contributed by atoms with Gasteiger partial charge in [-0.25, -0.2) is 10.2 Å². The van der Waals surface area contributed by atoms with Crippen molar-refractivity contribution in [2.24, 2.45) is 5.10 Å². The summed E-state index contributed by atoms with van der Waals surface area (Å²) in [7, 11) is 8.79. The molecule has 0 radical (unpaired) electrons. The summed E-state index contributed by atoms with van der Waals surface area (Å²) in [6.45, 7) is 0.289. The number of nitrogens with one attached hydrogen (secondary N) is 2. The van der Waals surface area contributed by atoms with Crippen LogP contribution in [-0.4, -0.2) is 73.2 Å². The molecule has 3 aromatic rings. The molecule has 234 valence electrons. The van der Waals surface area contributed by atoms with Gasteiger partial charge in [-0.05, 0) is 60.5 Å². The van der Waals surface area contributed by atoms with Gasteiger partial charge < -0.3 is 38.5 Å². The van der Waals surface area contributed by atoms with E-state index in [0.29, 0.717) is 46.3 Å². The van der Waals surface area contributed by atoms with Crippen LogP contribution in [0.1, 0.15) is 39.1 Å². The second-order valence-corrected chi connectivity index (χ2v) is 8.94. The summed E-state index contributed by atoms with van der Waals surface area (Å²) in [5.41, 5.74) is 3.61. The molecule has 0 aromatic heterocycles. The Kier molecular flexibility index (Phi) is 12.2. The van der Waals surface area contributed by atoms with Gasteiger partial charge in [-0.15, -0.1) is 0 Å². The third-order valence-electron chi connectivity index (χ3n) is 6.21. The Hall–Kier alpha value is -5.46. The van der Waals surface area contributed by atoms with Crippen LogP contribution in [0.25, 0.3) is 0 Å². The minimum atomic E-state index is -0.670. The summed E-state index contributed by atoms with van der Waals surface area (Å²) in [5, 5.41) is 6.73. The number of amides is 2. The van der Waals surface area contributed by atoms with Crippen LogP contribution in [0.2, 0.25) is 0 Å². The summed E-state index contributed by atoms with van der Waals surface area (Å²) in [5.74, 6) is 1.06. The highest BCUT2D eigenvalue weighted by Crippen LogP contribution is 2.39. The van der Waals surface area contributed by atoms with Crippen LogP contribution < -0.4 is 43.9 Å². The Balaban J connectivity index is 1.51. The van der Waals surface area contributed by atoms with Gasteiger partial charge in [0.2, 0.25) is 11.7 Å². The number of benzene rings is 3. The SMILES string of the molecule is COc1ccc(C(=O)NCCCC(=O)NN=Cc2ccc(OC(=O)c3cc(OC)c(OC)c(OC)c3)c(OC)c2)cc1OC. The first-order valence-electron chi connectivity index (χ1n) is 13.3. The predicted octanol–water partition coefficient (Wildman–Crippen LogP) is 3.62.